The third kappa shape index (κ3) is 1.40. The lowest BCUT2D eigenvalue weighted by Gasteiger charge is -2.02. The molecular formula is C13H13N. The molecule has 0 spiro atoms. The second kappa shape index (κ2) is 3.59. The van der Waals surface area contributed by atoms with Crippen LogP contribution in [0.5, 0.6) is 0 Å². The Morgan fingerprint density at radius 1 is 1.29 bits per heavy atom. The zero-order valence-corrected chi connectivity index (χ0v) is 8.54. The molecule has 0 atom stereocenters. The molecule has 1 nitrogen and oxygen atoms in total. The summed E-state index contributed by atoms with van der Waals surface area (Å²) >= 11 is 0. The molecule has 1 aromatic carbocycles. The summed E-state index contributed by atoms with van der Waals surface area (Å²) in [6.45, 7) is 4.79. The van der Waals surface area contributed by atoms with Crippen molar-refractivity contribution in [1.82, 2.24) is 4.57 Å². The van der Waals surface area contributed by atoms with Crippen LogP contribution in [0.4, 0.5) is 0 Å². The van der Waals surface area contributed by atoms with Gasteiger partial charge in [0.1, 0.15) is 0 Å². The fraction of sp³-hybridized carbons (Fsp3) is 0.231. The molecule has 1 heterocycles. The maximum atomic E-state index is 3.10. The zero-order chi connectivity index (χ0) is 9.97. The van der Waals surface area contributed by atoms with Crippen molar-refractivity contribution in [2.75, 3.05) is 0 Å². The molecule has 2 aromatic rings. The second-order valence-electron chi connectivity index (χ2n) is 3.36. The van der Waals surface area contributed by atoms with Gasteiger partial charge in [-0.05, 0) is 31.4 Å². The summed E-state index contributed by atoms with van der Waals surface area (Å²) < 4.78 is 2.24. The van der Waals surface area contributed by atoms with E-state index in [9.17, 15) is 0 Å². The summed E-state index contributed by atoms with van der Waals surface area (Å²) in [4.78, 5) is 0. The fourth-order valence-corrected chi connectivity index (χ4v) is 1.72. The van der Waals surface area contributed by atoms with Crippen LogP contribution in [0, 0.1) is 18.8 Å². The first kappa shape index (κ1) is 8.90. The Bertz CT molecular complexity index is 509. The molecule has 1 aromatic heterocycles. The van der Waals surface area contributed by atoms with Gasteiger partial charge in [-0.2, -0.15) is 0 Å². The lowest BCUT2D eigenvalue weighted by molar-refractivity contribution is 0.847. The summed E-state index contributed by atoms with van der Waals surface area (Å²) in [5, 5.41) is 1.29. The molecule has 0 N–H and O–H groups in total. The zero-order valence-electron chi connectivity index (χ0n) is 8.54. The van der Waals surface area contributed by atoms with Crippen LogP contribution in [0.15, 0.2) is 30.3 Å². The van der Waals surface area contributed by atoms with Crippen LogP contribution in [0.3, 0.4) is 0 Å². The smallest absolute Gasteiger partial charge is 0.0840 e. The lowest BCUT2D eigenvalue weighted by Crippen LogP contribution is -1.96. The molecule has 0 aliphatic heterocycles. The van der Waals surface area contributed by atoms with Crippen LogP contribution in [0.1, 0.15) is 12.6 Å². The number of hydrogen-bond acceptors (Lipinski definition) is 0. The minimum absolute atomic E-state index is 0.788. The molecule has 0 aliphatic rings. The fourth-order valence-electron chi connectivity index (χ4n) is 1.72. The van der Waals surface area contributed by atoms with Gasteiger partial charge in [-0.15, -0.1) is 5.92 Å². The van der Waals surface area contributed by atoms with Gasteiger partial charge in [-0.1, -0.05) is 24.1 Å². The van der Waals surface area contributed by atoms with Gasteiger partial charge in [-0.3, -0.25) is 0 Å². The molecule has 0 radical (unpaired) electrons. The maximum absolute atomic E-state index is 3.10. The van der Waals surface area contributed by atoms with Crippen LogP contribution in [0.25, 0.3) is 10.9 Å². The Labute approximate surface area is 84.4 Å². The van der Waals surface area contributed by atoms with E-state index in [1.54, 1.807) is 0 Å². The standard InChI is InChI=1S/C13H13N/c1-3-4-9-14-11(2)10-12-7-5-6-8-13(12)14/h5-8,10H,9H2,1-2H3. The minimum atomic E-state index is 0.788. The highest BCUT2D eigenvalue weighted by Gasteiger charge is 2.02. The molecule has 0 saturated carbocycles. The molecule has 0 saturated heterocycles. The van der Waals surface area contributed by atoms with E-state index in [-0.39, 0.29) is 0 Å². The van der Waals surface area contributed by atoms with Crippen molar-refractivity contribution in [3.05, 3.63) is 36.0 Å². The highest BCUT2D eigenvalue weighted by atomic mass is 15.0. The quantitative estimate of drug-likeness (QED) is 0.599. The summed E-state index contributed by atoms with van der Waals surface area (Å²) in [6.07, 6.45) is 0. The van der Waals surface area contributed by atoms with Gasteiger partial charge in [0.2, 0.25) is 0 Å². The molecule has 2 rings (SSSR count). The van der Waals surface area contributed by atoms with Crippen molar-refractivity contribution in [3.8, 4) is 11.8 Å². The Balaban J connectivity index is 2.60. The van der Waals surface area contributed by atoms with E-state index in [1.807, 2.05) is 6.92 Å². The number of aromatic nitrogens is 1. The average molecular weight is 183 g/mol. The highest BCUT2D eigenvalue weighted by Crippen LogP contribution is 2.18. The van der Waals surface area contributed by atoms with Gasteiger partial charge < -0.3 is 4.57 Å². The Kier molecular flexibility index (Phi) is 2.28. The predicted molar refractivity (Wildman–Crippen MR) is 60.1 cm³/mol. The topological polar surface area (TPSA) is 4.93 Å². The minimum Gasteiger partial charge on any atom is -0.333 e. The largest absolute Gasteiger partial charge is 0.333 e. The molecule has 0 bridgehead atoms. The Morgan fingerprint density at radius 2 is 2.07 bits per heavy atom. The normalized spacial score (nSPS) is 9.86. The predicted octanol–water partition coefficient (Wildman–Crippen LogP) is 2.97. The van der Waals surface area contributed by atoms with Gasteiger partial charge >= 0.3 is 0 Å². The van der Waals surface area contributed by atoms with E-state index in [0.717, 1.165) is 6.54 Å². The van der Waals surface area contributed by atoms with Crippen molar-refractivity contribution < 1.29 is 0 Å². The molecule has 1 heteroatoms. The van der Waals surface area contributed by atoms with Crippen LogP contribution >= 0.6 is 0 Å². The van der Waals surface area contributed by atoms with Crippen molar-refractivity contribution >= 4 is 10.9 Å². The average Bonchev–Trinajstić information content (AvgIpc) is 2.51. The van der Waals surface area contributed by atoms with E-state index in [1.165, 1.54) is 16.6 Å². The first-order valence-corrected chi connectivity index (χ1v) is 4.77. The van der Waals surface area contributed by atoms with Crippen LogP contribution in [0.2, 0.25) is 0 Å². The van der Waals surface area contributed by atoms with E-state index in [0.29, 0.717) is 0 Å². The SMILES string of the molecule is CC#CCn1c(C)cc2ccccc21. The van der Waals surface area contributed by atoms with Gasteiger partial charge in [0, 0.05) is 11.2 Å². The number of fused-ring (bicyclic) bond motifs is 1. The van der Waals surface area contributed by atoms with Crippen molar-refractivity contribution in [1.29, 1.82) is 0 Å². The molecule has 0 unspecified atom stereocenters. The van der Waals surface area contributed by atoms with Crippen molar-refractivity contribution in [2.24, 2.45) is 0 Å². The number of hydrogen-bond donors (Lipinski definition) is 0. The number of nitrogens with zero attached hydrogens (tertiary/aromatic N) is 1. The molecule has 0 amide bonds. The van der Waals surface area contributed by atoms with Gasteiger partial charge in [0.15, 0.2) is 0 Å². The van der Waals surface area contributed by atoms with E-state index in [2.05, 4.69) is 53.7 Å². The lowest BCUT2D eigenvalue weighted by atomic mass is 10.2. The van der Waals surface area contributed by atoms with E-state index in [4.69, 9.17) is 0 Å². The first-order valence-electron chi connectivity index (χ1n) is 4.77. The summed E-state index contributed by atoms with van der Waals surface area (Å²) in [5.41, 5.74) is 2.54. The molecular weight excluding hydrogens is 170 g/mol. The van der Waals surface area contributed by atoms with Crippen LogP contribution < -0.4 is 0 Å². The van der Waals surface area contributed by atoms with Crippen LogP contribution in [-0.2, 0) is 6.54 Å². The number of rotatable bonds is 1. The van der Waals surface area contributed by atoms with Gasteiger partial charge in [0.25, 0.3) is 0 Å². The highest BCUT2D eigenvalue weighted by molar-refractivity contribution is 5.81. The first-order chi connectivity index (χ1) is 6.83. The number of para-hydroxylation sites is 1. The summed E-state index contributed by atoms with van der Waals surface area (Å²) in [5.74, 6) is 6.02. The van der Waals surface area contributed by atoms with E-state index >= 15 is 0 Å². The molecule has 70 valence electrons. The molecule has 0 aliphatic carbocycles. The third-order valence-electron chi connectivity index (χ3n) is 2.43. The number of benzene rings is 1. The Hall–Kier alpha value is -1.68. The van der Waals surface area contributed by atoms with Gasteiger partial charge in [-0.25, -0.2) is 0 Å². The monoisotopic (exact) mass is 183 g/mol. The summed E-state index contributed by atoms with van der Waals surface area (Å²) in [6, 6.07) is 10.6. The van der Waals surface area contributed by atoms with Crippen LogP contribution in [-0.4, -0.2) is 4.57 Å². The van der Waals surface area contributed by atoms with E-state index < -0.39 is 0 Å². The van der Waals surface area contributed by atoms with Crippen molar-refractivity contribution in [3.63, 3.8) is 0 Å². The maximum Gasteiger partial charge on any atom is 0.0840 e. The van der Waals surface area contributed by atoms with Crippen molar-refractivity contribution in [2.45, 2.75) is 20.4 Å². The number of aryl methyl sites for hydroxylation is 1. The molecule has 14 heavy (non-hydrogen) atoms. The second-order valence-corrected chi connectivity index (χ2v) is 3.36. The summed E-state index contributed by atoms with van der Waals surface area (Å²) in [7, 11) is 0. The van der Waals surface area contributed by atoms with Gasteiger partial charge in [0.05, 0.1) is 6.54 Å². The molecule has 0 fully saturated rings. The Morgan fingerprint density at radius 3 is 2.86 bits per heavy atom. The third-order valence-corrected chi connectivity index (χ3v) is 2.43.